The van der Waals surface area contributed by atoms with E-state index in [1.165, 1.54) is 64.9 Å². The van der Waals surface area contributed by atoms with Gasteiger partial charge >= 0.3 is 8.60 Å². The Morgan fingerprint density at radius 1 is 0.833 bits per heavy atom. The molecule has 0 rings (SSSR count). The lowest BCUT2D eigenvalue weighted by atomic mass is 10.1. The molecule has 0 saturated heterocycles. The predicted octanol–water partition coefficient (Wildman–Crippen LogP) is 5.97. The van der Waals surface area contributed by atoms with Gasteiger partial charge in [0.05, 0.1) is 18.5 Å². The quantitative estimate of drug-likeness (QED) is 0.292. The van der Waals surface area contributed by atoms with Crippen LogP contribution >= 0.6 is 20.5 Å². The maximum absolute atomic E-state index is 5.30. The molecule has 0 N–H and O–H groups in total. The van der Waals surface area contributed by atoms with Crippen molar-refractivity contribution in [3.05, 3.63) is 0 Å². The van der Waals surface area contributed by atoms with E-state index in [0.29, 0.717) is 6.61 Å². The smallest absolute Gasteiger partial charge is 0.315 e. The fraction of sp³-hybridized carbons (Fsp3) is 1.00. The first-order valence-electron chi connectivity index (χ1n) is 7.11. The predicted molar refractivity (Wildman–Crippen MR) is 78.7 cm³/mol. The van der Waals surface area contributed by atoms with Crippen LogP contribution in [0, 0.1) is 0 Å². The summed E-state index contributed by atoms with van der Waals surface area (Å²) in [5.41, 5.74) is 0. The molecule has 0 spiro atoms. The summed E-state index contributed by atoms with van der Waals surface area (Å²) in [7, 11) is 0.207. The van der Waals surface area contributed by atoms with E-state index in [2.05, 4.69) is 11.0 Å². The van der Waals surface area contributed by atoms with Gasteiger partial charge < -0.3 is 9.05 Å². The minimum atomic E-state index is -1.33. The molecule has 0 saturated carbocycles. The number of rotatable bonds is 14. The van der Waals surface area contributed by atoms with E-state index in [1.807, 2.05) is 0 Å². The second-order valence-corrected chi connectivity index (χ2v) is 6.11. The molecule has 18 heavy (non-hydrogen) atoms. The summed E-state index contributed by atoms with van der Waals surface area (Å²) in [6.07, 6.45) is 13.2. The Morgan fingerprint density at radius 2 is 1.33 bits per heavy atom. The molecular formula is C13H28ClO3P. The summed E-state index contributed by atoms with van der Waals surface area (Å²) in [6, 6.07) is 0. The molecule has 0 aliphatic carbocycles. The Bertz CT molecular complexity index is 157. The van der Waals surface area contributed by atoms with Crippen LogP contribution in [-0.4, -0.2) is 13.7 Å². The van der Waals surface area contributed by atoms with Crippen molar-refractivity contribution < 1.29 is 13.1 Å². The molecule has 0 aromatic carbocycles. The van der Waals surface area contributed by atoms with Crippen LogP contribution in [-0.2, 0) is 13.1 Å². The molecule has 0 bridgehead atoms. The van der Waals surface area contributed by atoms with Crippen molar-refractivity contribution in [2.24, 2.45) is 0 Å². The molecular weight excluding hydrogens is 271 g/mol. The van der Waals surface area contributed by atoms with E-state index < -0.39 is 8.60 Å². The van der Waals surface area contributed by atoms with Gasteiger partial charge in [-0.25, -0.2) is 0 Å². The van der Waals surface area contributed by atoms with E-state index in [4.69, 9.17) is 20.9 Å². The summed E-state index contributed by atoms with van der Waals surface area (Å²) >= 11 is 5.18. The first-order valence-corrected chi connectivity index (χ1v) is 8.51. The number of hydrogen-bond acceptors (Lipinski definition) is 3. The molecule has 110 valence electrons. The Labute approximate surface area is 119 Å². The van der Waals surface area contributed by atoms with Crippen molar-refractivity contribution in [1.82, 2.24) is 0 Å². The molecule has 0 aromatic heterocycles. The van der Waals surface area contributed by atoms with E-state index >= 15 is 0 Å². The highest BCUT2D eigenvalue weighted by atomic mass is 35.5. The normalized spacial score (nSPS) is 12.8. The Morgan fingerprint density at radius 3 is 1.78 bits per heavy atom. The maximum Gasteiger partial charge on any atom is 0.350 e. The van der Waals surface area contributed by atoms with Crippen LogP contribution in [0.2, 0.25) is 0 Å². The average molecular weight is 299 g/mol. The topological polar surface area (TPSA) is 27.7 Å². The summed E-state index contributed by atoms with van der Waals surface area (Å²) in [4.78, 5) is 0. The fourth-order valence-electron chi connectivity index (χ4n) is 1.83. The van der Waals surface area contributed by atoms with E-state index in [-0.39, 0.29) is 0 Å². The molecule has 3 nitrogen and oxygen atoms in total. The van der Waals surface area contributed by atoms with Crippen LogP contribution < -0.4 is 0 Å². The molecule has 0 heterocycles. The molecule has 0 aliphatic rings. The second-order valence-electron chi connectivity index (χ2n) is 4.49. The number of halogens is 1. The summed E-state index contributed by atoms with van der Waals surface area (Å²) < 4.78 is 14.7. The van der Waals surface area contributed by atoms with Crippen molar-refractivity contribution in [3.63, 3.8) is 0 Å². The lowest BCUT2D eigenvalue weighted by Gasteiger charge is -2.09. The Hall–Kier alpha value is 0.600. The molecule has 0 aliphatic heterocycles. The SMILES string of the molecule is CCCCCCCCCCCCOP(OC)OCl. The van der Waals surface area contributed by atoms with Crippen LogP contribution in [0.1, 0.15) is 71.1 Å². The molecule has 0 amide bonds. The monoisotopic (exact) mass is 298 g/mol. The minimum absolute atomic E-state index is 0.669. The van der Waals surface area contributed by atoms with Gasteiger partial charge in [-0.2, -0.15) is 4.08 Å². The molecule has 0 fully saturated rings. The first-order chi connectivity index (χ1) is 8.85. The van der Waals surface area contributed by atoms with Crippen LogP contribution in [0.3, 0.4) is 0 Å². The summed E-state index contributed by atoms with van der Waals surface area (Å²) in [5.74, 6) is 0. The molecule has 1 unspecified atom stereocenters. The van der Waals surface area contributed by atoms with E-state index in [9.17, 15) is 0 Å². The number of unbranched alkanes of at least 4 members (excludes halogenated alkanes) is 9. The first kappa shape index (κ1) is 18.6. The third kappa shape index (κ3) is 13.0. The number of hydrogen-bond donors (Lipinski definition) is 0. The zero-order valence-electron chi connectivity index (χ0n) is 11.8. The van der Waals surface area contributed by atoms with Gasteiger partial charge in [0.25, 0.3) is 0 Å². The van der Waals surface area contributed by atoms with Crippen LogP contribution in [0.5, 0.6) is 0 Å². The maximum atomic E-state index is 5.30. The van der Waals surface area contributed by atoms with Gasteiger partial charge in [-0.05, 0) is 6.42 Å². The van der Waals surface area contributed by atoms with Gasteiger partial charge in [-0.1, -0.05) is 64.7 Å². The van der Waals surface area contributed by atoms with Gasteiger partial charge in [0.15, 0.2) is 0 Å². The lowest BCUT2D eigenvalue weighted by molar-refractivity contribution is 0.234. The van der Waals surface area contributed by atoms with Crippen LogP contribution in [0.4, 0.5) is 0 Å². The summed E-state index contributed by atoms with van der Waals surface area (Å²) in [6.45, 7) is 2.93. The van der Waals surface area contributed by atoms with E-state index in [1.54, 1.807) is 0 Å². The van der Waals surface area contributed by atoms with Gasteiger partial charge in [0, 0.05) is 7.11 Å². The van der Waals surface area contributed by atoms with Crippen LogP contribution in [0.15, 0.2) is 0 Å². The van der Waals surface area contributed by atoms with Gasteiger partial charge in [0.2, 0.25) is 0 Å². The molecule has 0 aromatic rings. The van der Waals surface area contributed by atoms with Gasteiger partial charge in [-0.15, -0.1) is 0 Å². The van der Waals surface area contributed by atoms with E-state index in [0.717, 1.165) is 6.42 Å². The highest BCUT2D eigenvalue weighted by Gasteiger charge is 2.07. The van der Waals surface area contributed by atoms with Crippen molar-refractivity contribution in [2.45, 2.75) is 71.1 Å². The standard InChI is InChI=1S/C13H28ClO3P/c1-3-4-5-6-7-8-9-10-11-12-13-16-18(15-2)17-14/h3-13H2,1-2H3. The van der Waals surface area contributed by atoms with Gasteiger partial charge in [0.1, 0.15) is 0 Å². The largest absolute Gasteiger partial charge is 0.350 e. The third-order valence-electron chi connectivity index (χ3n) is 2.90. The summed E-state index contributed by atoms with van der Waals surface area (Å²) in [5, 5.41) is 0. The van der Waals surface area contributed by atoms with Crippen LogP contribution in [0.25, 0.3) is 0 Å². The zero-order valence-corrected chi connectivity index (χ0v) is 13.5. The zero-order chi connectivity index (χ0) is 13.5. The molecule has 1 atom stereocenters. The van der Waals surface area contributed by atoms with Crippen molar-refractivity contribution in [1.29, 1.82) is 0 Å². The Balaban J connectivity index is 3.03. The van der Waals surface area contributed by atoms with Crippen molar-refractivity contribution >= 4 is 20.5 Å². The lowest BCUT2D eigenvalue weighted by Crippen LogP contribution is -1.91. The second kappa shape index (κ2) is 15.7. The third-order valence-corrected chi connectivity index (χ3v) is 4.04. The van der Waals surface area contributed by atoms with Crippen molar-refractivity contribution in [3.8, 4) is 0 Å². The van der Waals surface area contributed by atoms with Crippen molar-refractivity contribution in [2.75, 3.05) is 13.7 Å². The average Bonchev–Trinajstić information content (AvgIpc) is 2.40. The highest BCUT2D eigenvalue weighted by molar-refractivity contribution is 7.42. The molecule has 0 radical (unpaired) electrons. The highest BCUT2D eigenvalue weighted by Crippen LogP contribution is 2.39. The minimum Gasteiger partial charge on any atom is -0.315 e. The fourth-order valence-corrected chi connectivity index (χ4v) is 2.60. The van der Waals surface area contributed by atoms with Gasteiger partial charge in [-0.3, -0.25) is 0 Å². The molecule has 5 heteroatoms. The Kier molecular flexibility index (Phi) is 16.2.